The van der Waals surface area contributed by atoms with E-state index < -0.39 is 17.5 Å². The highest BCUT2D eigenvalue weighted by Gasteiger charge is 2.37. The number of ether oxygens (including phenoxy) is 2. The number of carbonyl (C=O) groups is 1. The third kappa shape index (κ3) is 4.46. The number of hydrogen-bond donors (Lipinski definition) is 2. The molecule has 0 aliphatic carbocycles. The standard InChI is InChI=1S/C12H22O5/c1-5-16-10(4)12(6-13,7-14)8-17-11(15)9(2)3/h10,13-14H,2,5-8H2,1,3-4H3. The molecule has 5 nitrogen and oxygen atoms in total. The van der Waals surface area contributed by atoms with Crippen LogP contribution in [0, 0.1) is 5.41 Å². The zero-order valence-electron chi connectivity index (χ0n) is 10.7. The summed E-state index contributed by atoms with van der Waals surface area (Å²) >= 11 is 0. The monoisotopic (exact) mass is 246 g/mol. The first-order valence-corrected chi connectivity index (χ1v) is 5.59. The normalized spacial score (nSPS) is 13.2. The van der Waals surface area contributed by atoms with Gasteiger partial charge < -0.3 is 19.7 Å². The molecule has 0 fully saturated rings. The molecule has 0 spiro atoms. The smallest absolute Gasteiger partial charge is 0.333 e. The summed E-state index contributed by atoms with van der Waals surface area (Å²) in [6, 6.07) is 0. The van der Waals surface area contributed by atoms with Gasteiger partial charge >= 0.3 is 5.97 Å². The van der Waals surface area contributed by atoms with E-state index in [-0.39, 0.29) is 25.4 Å². The summed E-state index contributed by atoms with van der Waals surface area (Å²) in [5.74, 6) is -0.542. The van der Waals surface area contributed by atoms with E-state index in [0.29, 0.717) is 6.61 Å². The lowest BCUT2D eigenvalue weighted by Crippen LogP contribution is -2.46. The maximum absolute atomic E-state index is 11.3. The molecule has 1 unspecified atom stereocenters. The van der Waals surface area contributed by atoms with E-state index >= 15 is 0 Å². The van der Waals surface area contributed by atoms with E-state index in [1.165, 1.54) is 6.92 Å². The van der Waals surface area contributed by atoms with Gasteiger partial charge in [-0.3, -0.25) is 0 Å². The zero-order valence-corrected chi connectivity index (χ0v) is 10.7. The molecule has 0 rings (SSSR count). The average Bonchev–Trinajstić information content (AvgIpc) is 2.30. The van der Waals surface area contributed by atoms with Crippen molar-refractivity contribution in [2.24, 2.45) is 5.41 Å². The summed E-state index contributed by atoms with van der Waals surface area (Å²) in [5.41, 5.74) is -0.708. The Bertz CT molecular complexity index is 258. The molecule has 5 heteroatoms. The molecule has 0 saturated heterocycles. The van der Waals surface area contributed by atoms with Gasteiger partial charge in [0.15, 0.2) is 0 Å². The largest absolute Gasteiger partial charge is 0.461 e. The fourth-order valence-electron chi connectivity index (χ4n) is 1.28. The molecular weight excluding hydrogens is 224 g/mol. The third-order valence-electron chi connectivity index (χ3n) is 2.75. The summed E-state index contributed by atoms with van der Waals surface area (Å²) in [6.45, 7) is 8.24. The van der Waals surface area contributed by atoms with E-state index in [9.17, 15) is 15.0 Å². The molecule has 0 aliphatic heterocycles. The summed E-state index contributed by atoms with van der Waals surface area (Å²) in [4.78, 5) is 11.3. The molecule has 0 aromatic carbocycles. The summed E-state index contributed by atoms with van der Waals surface area (Å²) in [6.07, 6.45) is -0.416. The molecule has 0 amide bonds. The van der Waals surface area contributed by atoms with Gasteiger partial charge in [0.2, 0.25) is 0 Å². The molecule has 0 radical (unpaired) electrons. The number of aliphatic hydroxyl groups is 2. The highest BCUT2D eigenvalue weighted by Crippen LogP contribution is 2.24. The van der Waals surface area contributed by atoms with Gasteiger partial charge in [0.25, 0.3) is 0 Å². The topological polar surface area (TPSA) is 76.0 Å². The van der Waals surface area contributed by atoms with Crippen molar-refractivity contribution in [1.29, 1.82) is 0 Å². The molecule has 0 aliphatic rings. The van der Waals surface area contributed by atoms with Crippen LogP contribution in [0.4, 0.5) is 0 Å². The minimum atomic E-state index is -0.985. The Labute approximate surface area is 102 Å². The van der Waals surface area contributed by atoms with Crippen LogP contribution in [0.15, 0.2) is 12.2 Å². The molecular formula is C12H22O5. The van der Waals surface area contributed by atoms with Gasteiger partial charge in [0.1, 0.15) is 6.61 Å². The van der Waals surface area contributed by atoms with Crippen molar-refractivity contribution in [3.8, 4) is 0 Å². The Morgan fingerprint density at radius 1 is 1.41 bits per heavy atom. The fraction of sp³-hybridized carbons (Fsp3) is 0.750. The van der Waals surface area contributed by atoms with Gasteiger partial charge in [0, 0.05) is 12.2 Å². The predicted molar refractivity (Wildman–Crippen MR) is 63.5 cm³/mol. The highest BCUT2D eigenvalue weighted by atomic mass is 16.5. The van der Waals surface area contributed by atoms with E-state index in [1.54, 1.807) is 6.92 Å². The predicted octanol–water partition coefficient (Wildman–Crippen LogP) is 0.502. The Morgan fingerprint density at radius 3 is 2.29 bits per heavy atom. The summed E-state index contributed by atoms with van der Waals surface area (Å²) in [7, 11) is 0. The molecule has 17 heavy (non-hydrogen) atoms. The van der Waals surface area contributed by atoms with E-state index in [2.05, 4.69) is 6.58 Å². The van der Waals surface area contributed by atoms with Gasteiger partial charge in [-0.15, -0.1) is 0 Å². The van der Waals surface area contributed by atoms with Crippen LogP contribution in [0.3, 0.4) is 0 Å². The molecule has 100 valence electrons. The molecule has 0 heterocycles. The quantitative estimate of drug-likeness (QED) is 0.482. The van der Waals surface area contributed by atoms with Gasteiger partial charge in [-0.05, 0) is 20.8 Å². The lowest BCUT2D eigenvalue weighted by Gasteiger charge is -2.34. The fourth-order valence-corrected chi connectivity index (χ4v) is 1.28. The van der Waals surface area contributed by atoms with E-state index in [1.807, 2.05) is 6.92 Å². The Balaban J connectivity index is 4.60. The second-order valence-electron chi connectivity index (χ2n) is 4.13. The number of rotatable bonds is 8. The van der Waals surface area contributed by atoms with Crippen molar-refractivity contribution in [3.05, 3.63) is 12.2 Å². The van der Waals surface area contributed by atoms with Crippen molar-refractivity contribution < 1.29 is 24.5 Å². The lowest BCUT2D eigenvalue weighted by atomic mass is 9.85. The highest BCUT2D eigenvalue weighted by molar-refractivity contribution is 5.86. The van der Waals surface area contributed by atoms with Crippen LogP contribution in [-0.2, 0) is 14.3 Å². The minimum Gasteiger partial charge on any atom is -0.461 e. The van der Waals surface area contributed by atoms with Crippen LogP contribution < -0.4 is 0 Å². The summed E-state index contributed by atoms with van der Waals surface area (Å²) < 4.78 is 10.3. The van der Waals surface area contributed by atoms with Crippen LogP contribution in [0.2, 0.25) is 0 Å². The number of aliphatic hydroxyl groups excluding tert-OH is 2. The molecule has 0 aromatic heterocycles. The maximum Gasteiger partial charge on any atom is 0.333 e. The van der Waals surface area contributed by atoms with Crippen molar-refractivity contribution >= 4 is 5.97 Å². The van der Waals surface area contributed by atoms with Crippen LogP contribution in [0.25, 0.3) is 0 Å². The molecule has 0 saturated carbocycles. The van der Waals surface area contributed by atoms with Gasteiger partial charge in [-0.1, -0.05) is 6.58 Å². The molecule has 2 N–H and O–H groups in total. The number of esters is 1. The maximum atomic E-state index is 11.3. The Kier molecular flexibility index (Phi) is 7.03. The van der Waals surface area contributed by atoms with Gasteiger partial charge in [0.05, 0.1) is 24.7 Å². The van der Waals surface area contributed by atoms with Gasteiger partial charge in [-0.25, -0.2) is 4.79 Å². The van der Waals surface area contributed by atoms with Crippen molar-refractivity contribution in [1.82, 2.24) is 0 Å². The first-order chi connectivity index (χ1) is 7.93. The molecule has 1 atom stereocenters. The zero-order chi connectivity index (χ0) is 13.5. The SMILES string of the molecule is C=C(C)C(=O)OCC(CO)(CO)C(C)OCC. The van der Waals surface area contributed by atoms with Crippen molar-refractivity contribution in [3.63, 3.8) is 0 Å². The Hall–Kier alpha value is -0.910. The Morgan fingerprint density at radius 2 is 1.94 bits per heavy atom. The second-order valence-corrected chi connectivity index (χ2v) is 4.13. The minimum absolute atomic E-state index is 0.104. The lowest BCUT2D eigenvalue weighted by molar-refractivity contribution is -0.154. The van der Waals surface area contributed by atoms with E-state index in [0.717, 1.165) is 0 Å². The van der Waals surface area contributed by atoms with Gasteiger partial charge in [-0.2, -0.15) is 0 Å². The summed E-state index contributed by atoms with van der Waals surface area (Å²) in [5, 5.41) is 18.7. The average molecular weight is 246 g/mol. The first kappa shape index (κ1) is 16.1. The number of hydrogen-bond acceptors (Lipinski definition) is 5. The third-order valence-corrected chi connectivity index (χ3v) is 2.75. The van der Waals surface area contributed by atoms with E-state index in [4.69, 9.17) is 9.47 Å². The van der Waals surface area contributed by atoms with Crippen LogP contribution in [-0.4, -0.2) is 48.7 Å². The second kappa shape index (κ2) is 7.42. The van der Waals surface area contributed by atoms with Crippen molar-refractivity contribution in [2.75, 3.05) is 26.4 Å². The molecule has 0 bridgehead atoms. The van der Waals surface area contributed by atoms with Crippen molar-refractivity contribution in [2.45, 2.75) is 26.9 Å². The number of carbonyl (C=O) groups excluding carboxylic acids is 1. The molecule has 0 aromatic rings. The first-order valence-electron chi connectivity index (χ1n) is 5.59. The van der Waals surface area contributed by atoms with Crippen LogP contribution >= 0.6 is 0 Å². The van der Waals surface area contributed by atoms with Crippen LogP contribution in [0.1, 0.15) is 20.8 Å². The van der Waals surface area contributed by atoms with Crippen LogP contribution in [0.5, 0.6) is 0 Å².